The Bertz CT molecular complexity index is 729. The van der Waals surface area contributed by atoms with Crippen LogP contribution >= 0.6 is 11.6 Å². The number of anilines is 2. The Labute approximate surface area is 114 Å². The van der Waals surface area contributed by atoms with E-state index in [1.165, 1.54) is 16.9 Å². The van der Waals surface area contributed by atoms with Crippen molar-refractivity contribution in [3.63, 3.8) is 0 Å². The molecule has 1 heterocycles. The van der Waals surface area contributed by atoms with E-state index in [1.54, 1.807) is 7.05 Å². The monoisotopic (exact) mass is 304 g/mol. The van der Waals surface area contributed by atoms with Crippen molar-refractivity contribution in [2.45, 2.75) is 4.90 Å². The van der Waals surface area contributed by atoms with E-state index in [-0.39, 0.29) is 21.4 Å². The topological polar surface area (TPSA) is 90.0 Å². The first-order valence-electron chi connectivity index (χ1n) is 5.06. The van der Waals surface area contributed by atoms with Crippen LogP contribution in [0, 0.1) is 5.82 Å². The Balaban J connectivity index is 2.39. The minimum absolute atomic E-state index is 0.0500. The van der Waals surface area contributed by atoms with E-state index in [1.807, 2.05) is 0 Å². The first-order chi connectivity index (χ1) is 8.79. The van der Waals surface area contributed by atoms with Crippen LogP contribution in [0.2, 0.25) is 5.02 Å². The van der Waals surface area contributed by atoms with Crippen LogP contribution in [0.3, 0.4) is 0 Å². The van der Waals surface area contributed by atoms with Gasteiger partial charge in [0.15, 0.2) is 5.82 Å². The summed E-state index contributed by atoms with van der Waals surface area (Å²) in [5.74, 6) is -0.693. The third-order valence-electron chi connectivity index (χ3n) is 2.29. The van der Waals surface area contributed by atoms with Gasteiger partial charge in [-0.25, -0.2) is 12.8 Å². The molecule has 0 spiro atoms. The van der Waals surface area contributed by atoms with Gasteiger partial charge in [-0.2, -0.15) is 5.10 Å². The number of sulfonamides is 1. The van der Waals surface area contributed by atoms with Crippen LogP contribution in [-0.4, -0.2) is 18.2 Å². The zero-order chi connectivity index (χ0) is 14.2. The zero-order valence-electron chi connectivity index (χ0n) is 9.76. The first-order valence-corrected chi connectivity index (χ1v) is 6.93. The standard InChI is InChI=1S/C10H10ClFN4O2S/c1-16-5-9(10(13)14-16)19(17,18)15-8-3-2-6(12)4-7(8)11/h2-5,15H,1H3,(H2,13,14). The molecule has 2 rings (SSSR count). The Morgan fingerprint density at radius 3 is 2.68 bits per heavy atom. The van der Waals surface area contributed by atoms with Crippen molar-refractivity contribution in [3.05, 3.63) is 35.2 Å². The second kappa shape index (κ2) is 4.71. The number of aryl methyl sites for hydroxylation is 1. The fraction of sp³-hybridized carbons (Fsp3) is 0.100. The van der Waals surface area contributed by atoms with Gasteiger partial charge < -0.3 is 5.73 Å². The van der Waals surface area contributed by atoms with Gasteiger partial charge in [0.1, 0.15) is 10.7 Å². The smallest absolute Gasteiger partial charge is 0.267 e. The third kappa shape index (κ3) is 2.79. The predicted octanol–water partition coefficient (Wildman–Crippen LogP) is 1.60. The van der Waals surface area contributed by atoms with Crippen molar-refractivity contribution in [3.8, 4) is 0 Å². The average molecular weight is 305 g/mol. The quantitative estimate of drug-likeness (QED) is 0.901. The van der Waals surface area contributed by atoms with Crippen LogP contribution in [-0.2, 0) is 17.1 Å². The maximum absolute atomic E-state index is 12.9. The molecule has 0 aliphatic carbocycles. The largest absolute Gasteiger partial charge is 0.381 e. The molecule has 6 nitrogen and oxygen atoms in total. The number of benzene rings is 1. The summed E-state index contributed by atoms with van der Waals surface area (Å²) in [6, 6.07) is 3.32. The van der Waals surface area contributed by atoms with Crippen molar-refractivity contribution in [1.82, 2.24) is 9.78 Å². The maximum atomic E-state index is 12.9. The number of nitrogen functional groups attached to an aromatic ring is 1. The molecule has 0 saturated heterocycles. The molecule has 0 fully saturated rings. The second-order valence-electron chi connectivity index (χ2n) is 3.78. The molecule has 0 bridgehead atoms. The van der Waals surface area contributed by atoms with Gasteiger partial charge in [-0.15, -0.1) is 0 Å². The van der Waals surface area contributed by atoms with Gasteiger partial charge in [0.25, 0.3) is 10.0 Å². The Morgan fingerprint density at radius 1 is 1.47 bits per heavy atom. The van der Waals surface area contributed by atoms with Crippen molar-refractivity contribution in [2.75, 3.05) is 10.5 Å². The third-order valence-corrected chi connectivity index (χ3v) is 3.98. The van der Waals surface area contributed by atoms with E-state index in [0.717, 1.165) is 12.1 Å². The molecular formula is C10H10ClFN4O2S. The Morgan fingerprint density at radius 2 is 2.16 bits per heavy atom. The number of hydrogen-bond acceptors (Lipinski definition) is 4. The van der Waals surface area contributed by atoms with E-state index in [0.29, 0.717) is 0 Å². The summed E-state index contributed by atoms with van der Waals surface area (Å²) in [5.41, 5.74) is 5.56. The Kier molecular flexibility index (Phi) is 3.38. The molecule has 0 atom stereocenters. The molecule has 102 valence electrons. The van der Waals surface area contributed by atoms with Crippen molar-refractivity contribution in [1.29, 1.82) is 0 Å². The summed E-state index contributed by atoms with van der Waals surface area (Å²) in [6.07, 6.45) is 1.26. The molecule has 9 heteroatoms. The van der Waals surface area contributed by atoms with Crippen LogP contribution in [0.25, 0.3) is 0 Å². The highest BCUT2D eigenvalue weighted by molar-refractivity contribution is 7.92. The summed E-state index contributed by atoms with van der Waals surface area (Å²) >= 11 is 5.75. The lowest BCUT2D eigenvalue weighted by molar-refractivity contribution is 0.601. The lowest BCUT2D eigenvalue weighted by atomic mass is 10.3. The normalized spacial score (nSPS) is 11.5. The van der Waals surface area contributed by atoms with Crippen molar-refractivity contribution >= 4 is 33.1 Å². The number of nitrogens with two attached hydrogens (primary N) is 1. The summed E-state index contributed by atoms with van der Waals surface area (Å²) in [6.45, 7) is 0. The fourth-order valence-electron chi connectivity index (χ4n) is 1.46. The molecule has 3 N–H and O–H groups in total. The van der Waals surface area contributed by atoms with E-state index in [2.05, 4.69) is 9.82 Å². The van der Waals surface area contributed by atoms with Gasteiger partial charge in [-0.3, -0.25) is 9.40 Å². The molecule has 1 aromatic carbocycles. The van der Waals surface area contributed by atoms with Crippen LogP contribution in [0.4, 0.5) is 15.9 Å². The van der Waals surface area contributed by atoms with E-state index >= 15 is 0 Å². The van der Waals surface area contributed by atoms with Gasteiger partial charge in [0, 0.05) is 13.2 Å². The van der Waals surface area contributed by atoms with Gasteiger partial charge in [0.05, 0.1) is 10.7 Å². The number of halogens is 2. The summed E-state index contributed by atoms with van der Waals surface area (Å²) < 4.78 is 40.5. The molecule has 0 saturated carbocycles. The molecular weight excluding hydrogens is 295 g/mol. The first kappa shape index (κ1) is 13.6. The minimum Gasteiger partial charge on any atom is -0.381 e. The molecule has 0 aliphatic rings. The fourth-order valence-corrected chi connectivity index (χ4v) is 2.92. The van der Waals surface area contributed by atoms with Crippen LogP contribution in [0.15, 0.2) is 29.3 Å². The second-order valence-corrected chi connectivity index (χ2v) is 5.84. The molecule has 0 radical (unpaired) electrons. The van der Waals surface area contributed by atoms with Gasteiger partial charge >= 0.3 is 0 Å². The number of nitrogens with one attached hydrogen (secondary N) is 1. The molecule has 19 heavy (non-hydrogen) atoms. The highest BCUT2D eigenvalue weighted by atomic mass is 35.5. The maximum Gasteiger partial charge on any atom is 0.267 e. The predicted molar refractivity (Wildman–Crippen MR) is 69.8 cm³/mol. The highest BCUT2D eigenvalue weighted by Crippen LogP contribution is 2.26. The van der Waals surface area contributed by atoms with Crippen LogP contribution < -0.4 is 10.5 Å². The molecule has 2 aromatic rings. The highest BCUT2D eigenvalue weighted by Gasteiger charge is 2.21. The van der Waals surface area contributed by atoms with Gasteiger partial charge in [-0.1, -0.05) is 11.6 Å². The van der Waals surface area contributed by atoms with Crippen LogP contribution in [0.5, 0.6) is 0 Å². The lowest BCUT2D eigenvalue weighted by Gasteiger charge is -2.08. The van der Waals surface area contributed by atoms with Gasteiger partial charge in [-0.05, 0) is 18.2 Å². The molecule has 0 unspecified atom stereocenters. The van der Waals surface area contributed by atoms with Crippen molar-refractivity contribution in [2.24, 2.45) is 7.05 Å². The van der Waals surface area contributed by atoms with E-state index in [9.17, 15) is 12.8 Å². The van der Waals surface area contributed by atoms with E-state index in [4.69, 9.17) is 17.3 Å². The van der Waals surface area contributed by atoms with E-state index < -0.39 is 15.8 Å². The summed E-state index contributed by atoms with van der Waals surface area (Å²) in [5, 5.41) is 3.69. The average Bonchev–Trinajstić information content (AvgIpc) is 2.63. The zero-order valence-corrected chi connectivity index (χ0v) is 11.3. The minimum atomic E-state index is -3.92. The molecule has 0 amide bonds. The Hall–Kier alpha value is -1.80. The van der Waals surface area contributed by atoms with Crippen LogP contribution in [0.1, 0.15) is 0 Å². The molecule has 0 aliphatic heterocycles. The summed E-state index contributed by atoms with van der Waals surface area (Å²) in [7, 11) is -2.38. The SMILES string of the molecule is Cn1cc(S(=O)(=O)Nc2ccc(F)cc2Cl)c(N)n1. The molecule has 1 aromatic heterocycles. The summed E-state index contributed by atoms with van der Waals surface area (Å²) in [4.78, 5) is -0.171. The van der Waals surface area contributed by atoms with Crippen molar-refractivity contribution < 1.29 is 12.8 Å². The number of hydrogen-bond donors (Lipinski definition) is 2. The number of nitrogens with zero attached hydrogens (tertiary/aromatic N) is 2. The van der Waals surface area contributed by atoms with Gasteiger partial charge in [0.2, 0.25) is 0 Å². The lowest BCUT2D eigenvalue weighted by Crippen LogP contribution is -2.14. The number of rotatable bonds is 3. The number of aromatic nitrogens is 2.